The van der Waals surface area contributed by atoms with Gasteiger partial charge in [0.1, 0.15) is 5.78 Å². The largest absolute Gasteiger partial charge is 0.396 e. The van der Waals surface area contributed by atoms with Gasteiger partial charge in [-0.05, 0) is 73.7 Å². The number of fused-ring (bicyclic) bond motifs is 5. The lowest BCUT2D eigenvalue weighted by molar-refractivity contribution is -0.133. The van der Waals surface area contributed by atoms with Gasteiger partial charge in [-0.15, -0.1) is 0 Å². The fourth-order valence-corrected chi connectivity index (χ4v) is 7.05. The lowest BCUT2D eigenvalue weighted by atomic mass is 9.46. The zero-order valence-corrected chi connectivity index (χ0v) is 15.0. The lowest BCUT2D eigenvalue weighted by Gasteiger charge is -2.57. The molecule has 0 spiro atoms. The Labute approximate surface area is 144 Å². The molecule has 0 saturated heterocycles. The maximum atomic E-state index is 12.8. The van der Waals surface area contributed by atoms with Gasteiger partial charge in [-0.2, -0.15) is 0 Å². The molecule has 3 nitrogen and oxygen atoms in total. The smallest absolute Gasteiger partial charge is 0.155 e. The molecule has 0 aliphatic heterocycles. The van der Waals surface area contributed by atoms with E-state index in [0.29, 0.717) is 48.1 Å². The standard InChI is InChI=1S/C21H30O3/c1-20-8-5-15(23)12-14(20)3-4-16-17(20)6-9-21(2)18(24)11-13(7-10-22)19(16)21/h12-13,16-17,19,22H,3-11H2,1-2H3/t13?,16-,17-,19+,20+,21-/m1/s1. The second-order valence-electron chi connectivity index (χ2n) is 9.24. The van der Waals surface area contributed by atoms with Gasteiger partial charge in [0.05, 0.1) is 0 Å². The van der Waals surface area contributed by atoms with E-state index < -0.39 is 0 Å². The van der Waals surface area contributed by atoms with E-state index in [1.807, 2.05) is 6.08 Å². The molecule has 6 atom stereocenters. The number of ketones is 2. The van der Waals surface area contributed by atoms with Crippen molar-refractivity contribution in [2.45, 2.75) is 65.2 Å². The molecule has 132 valence electrons. The van der Waals surface area contributed by atoms with E-state index in [9.17, 15) is 14.7 Å². The first-order valence-corrected chi connectivity index (χ1v) is 9.78. The van der Waals surface area contributed by atoms with Crippen molar-refractivity contribution in [2.75, 3.05) is 6.61 Å². The summed E-state index contributed by atoms with van der Waals surface area (Å²) >= 11 is 0. The van der Waals surface area contributed by atoms with Crippen LogP contribution in [0.4, 0.5) is 0 Å². The molecule has 3 fully saturated rings. The summed E-state index contributed by atoms with van der Waals surface area (Å²) in [6.45, 7) is 4.77. The number of carbonyl (C=O) groups is 2. The number of aliphatic hydroxyl groups excluding tert-OH is 1. The Kier molecular flexibility index (Phi) is 3.80. The van der Waals surface area contributed by atoms with Gasteiger partial charge in [0.25, 0.3) is 0 Å². The molecule has 0 heterocycles. The highest BCUT2D eigenvalue weighted by molar-refractivity contribution is 5.91. The molecule has 0 aromatic rings. The van der Waals surface area contributed by atoms with Crippen LogP contribution in [0.1, 0.15) is 65.2 Å². The van der Waals surface area contributed by atoms with E-state index in [0.717, 1.165) is 38.5 Å². The first kappa shape index (κ1) is 16.5. The van der Waals surface area contributed by atoms with Gasteiger partial charge in [0.15, 0.2) is 5.78 Å². The Morgan fingerprint density at radius 1 is 1.12 bits per heavy atom. The fourth-order valence-electron chi connectivity index (χ4n) is 7.05. The summed E-state index contributed by atoms with van der Waals surface area (Å²) in [4.78, 5) is 24.6. The molecule has 3 heteroatoms. The van der Waals surface area contributed by atoms with Crippen LogP contribution in [0.25, 0.3) is 0 Å². The van der Waals surface area contributed by atoms with Crippen molar-refractivity contribution < 1.29 is 14.7 Å². The van der Waals surface area contributed by atoms with Gasteiger partial charge >= 0.3 is 0 Å². The van der Waals surface area contributed by atoms with Crippen molar-refractivity contribution in [1.82, 2.24) is 0 Å². The number of hydrogen-bond acceptors (Lipinski definition) is 3. The molecule has 0 bridgehead atoms. The van der Waals surface area contributed by atoms with Crippen LogP contribution in [0, 0.1) is 34.5 Å². The van der Waals surface area contributed by atoms with Gasteiger partial charge < -0.3 is 5.11 Å². The van der Waals surface area contributed by atoms with E-state index in [2.05, 4.69) is 13.8 Å². The van der Waals surface area contributed by atoms with E-state index in [1.165, 1.54) is 5.57 Å². The zero-order valence-electron chi connectivity index (χ0n) is 15.0. The van der Waals surface area contributed by atoms with Crippen LogP contribution in [-0.4, -0.2) is 23.3 Å². The summed E-state index contributed by atoms with van der Waals surface area (Å²) in [5.41, 5.74) is 1.38. The Morgan fingerprint density at radius 3 is 2.67 bits per heavy atom. The Bertz CT molecular complexity index is 606. The maximum absolute atomic E-state index is 12.8. The summed E-state index contributed by atoms with van der Waals surface area (Å²) in [7, 11) is 0. The summed E-state index contributed by atoms with van der Waals surface area (Å²) in [5, 5.41) is 9.49. The number of allylic oxidation sites excluding steroid dienone is 1. The van der Waals surface area contributed by atoms with Crippen molar-refractivity contribution in [2.24, 2.45) is 34.5 Å². The SMILES string of the molecule is C[C@]12CCC(=O)C=C1CC[C@@H]1[C@H]2CC[C@]2(C)C(=O)CC(CCO)[C@@H]12. The molecule has 4 aliphatic carbocycles. The molecule has 3 saturated carbocycles. The second-order valence-corrected chi connectivity index (χ2v) is 9.24. The molecule has 0 amide bonds. The van der Waals surface area contributed by atoms with E-state index >= 15 is 0 Å². The zero-order chi connectivity index (χ0) is 17.1. The summed E-state index contributed by atoms with van der Waals surface area (Å²) < 4.78 is 0. The third-order valence-corrected chi connectivity index (χ3v) is 8.31. The highest BCUT2D eigenvalue weighted by Gasteiger charge is 2.61. The third kappa shape index (κ3) is 2.13. The van der Waals surface area contributed by atoms with Crippen LogP contribution in [-0.2, 0) is 9.59 Å². The van der Waals surface area contributed by atoms with Gasteiger partial charge in [-0.1, -0.05) is 19.4 Å². The molecule has 1 N–H and O–H groups in total. The minimum atomic E-state index is -0.164. The quantitative estimate of drug-likeness (QED) is 0.840. The van der Waals surface area contributed by atoms with Crippen LogP contribution in [0.15, 0.2) is 11.6 Å². The predicted molar refractivity (Wildman–Crippen MR) is 92.3 cm³/mol. The monoisotopic (exact) mass is 330 g/mol. The van der Waals surface area contributed by atoms with Crippen LogP contribution >= 0.6 is 0 Å². The minimum absolute atomic E-state index is 0.160. The van der Waals surface area contributed by atoms with Gasteiger partial charge in [0.2, 0.25) is 0 Å². The van der Waals surface area contributed by atoms with Crippen molar-refractivity contribution in [3.05, 3.63) is 11.6 Å². The second kappa shape index (κ2) is 5.52. The predicted octanol–water partition coefficient (Wildman–Crippen LogP) is 3.70. The highest BCUT2D eigenvalue weighted by Crippen LogP contribution is 2.65. The summed E-state index contributed by atoms with van der Waals surface area (Å²) in [6.07, 6.45) is 9.32. The Hall–Kier alpha value is -0.960. The van der Waals surface area contributed by atoms with Gasteiger partial charge in [-0.3, -0.25) is 9.59 Å². The average molecular weight is 330 g/mol. The first-order valence-electron chi connectivity index (χ1n) is 9.78. The van der Waals surface area contributed by atoms with Crippen molar-refractivity contribution in [3.8, 4) is 0 Å². The van der Waals surface area contributed by atoms with Crippen molar-refractivity contribution in [3.63, 3.8) is 0 Å². The molecular formula is C21H30O3. The molecule has 0 aromatic carbocycles. The van der Waals surface area contributed by atoms with Gasteiger partial charge in [0, 0.05) is 24.9 Å². The molecular weight excluding hydrogens is 300 g/mol. The molecule has 24 heavy (non-hydrogen) atoms. The van der Waals surface area contributed by atoms with Crippen LogP contribution < -0.4 is 0 Å². The van der Waals surface area contributed by atoms with Crippen molar-refractivity contribution in [1.29, 1.82) is 0 Å². The third-order valence-electron chi connectivity index (χ3n) is 8.31. The molecule has 0 aromatic heterocycles. The summed E-state index contributed by atoms with van der Waals surface area (Å²) in [6, 6.07) is 0. The number of carbonyl (C=O) groups excluding carboxylic acids is 2. The molecule has 0 radical (unpaired) electrons. The Balaban J connectivity index is 1.70. The molecule has 1 unspecified atom stereocenters. The summed E-state index contributed by atoms with van der Waals surface area (Å²) in [5.74, 6) is 2.73. The fraction of sp³-hybridized carbons (Fsp3) is 0.810. The number of aliphatic hydroxyl groups is 1. The molecule has 4 rings (SSSR count). The van der Waals surface area contributed by atoms with Gasteiger partial charge in [-0.25, -0.2) is 0 Å². The number of rotatable bonds is 2. The topological polar surface area (TPSA) is 54.4 Å². The minimum Gasteiger partial charge on any atom is -0.396 e. The van der Waals surface area contributed by atoms with E-state index in [4.69, 9.17) is 0 Å². The van der Waals surface area contributed by atoms with E-state index in [-0.39, 0.29) is 17.4 Å². The Morgan fingerprint density at radius 2 is 1.92 bits per heavy atom. The van der Waals surface area contributed by atoms with Crippen LogP contribution in [0.3, 0.4) is 0 Å². The molecule has 4 aliphatic rings. The first-order chi connectivity index (χ1) is 11.4. The number of Topliss-reactive ketones (excluding diaryl/α,β-unsaturated/α-hetero) is 1. The highest BCUT2D eigenvalue weighted by atomic mass is 16.3. The normalized spacial score (nSPS) is 47.7. The van der Waals surface area contributed by atoms with E-state index in [1.54, 1.807) is 0 Å². The van der Waals surface area contributed by atoms with Crippen molar-refractivity contribution >= 4 is 11.6 Å². The maximum Gasteiger partial charge on any atom is 0.155 e. The lowest BCUT2D eigenvalue weighted by Crippen LogP contribution is -2.51. The van der Waals surface area contributed by atoms with Crippen LogP contribution in [0.2, 0.25) is 0 Å². The van der Waals surface area contributed by atoms with Crippen LogP contribution in [0.5, 0.6) is 0 Å². The average Bonchev–Trinajstić information content (AvgIpc) is 2.79. The number of hydrogen-bond donors (Lipinski definition) is 1.